The zero-order valence-electron chi connectivity index (χ0n) is 11.7. The first kappa shape index (κ1) is 16.2. The van der Waals surface area contributed by atoms with Crippen molar-refractivity contribution in [1.29, 1.82) is 0 Å². The molecule has 0 bridgehead atoms. The average Bonchev–Trinajstić information content (AvgIpc) is 2.46. The third-order valence-corrected chi connectivity index (χ3v) is 5.52. The van der Waals surface area contributed by atoms with E-state index in [1.807, 2.05) is 0 Å². The molecule has 0 saturated carbocycles. The first-order valence-electron chi connectivity index (χ1n) is 6.36. The molecule has 0 amide bonds. The Morgan fingerprint density at radius 3 is 2.81 bits per heavy atom. The summed E-state index contributed by atoms with van der Waals surface area (Å²) < 4.78 is 36.5. The molecule has 1 aromatic carbocycles. The molecule has 8 heteroatoms. The van der Waals surface area contributed by atoms with E-state index in [9.17, 15) is 13.2 Å². The van der Waals surface area contributed by atoms with Crippen molar-refractivity contribution in [2.24, 2.45) is 0 Å². The molecule has 1 atom stereocenters. The van der Waals surface area contributed by atoms with Gasteiger partial charge in [0, 0.05) is 13.1 Å². The van der Waals surface area contributed by atoms with E-state index >= 15 is 0 Å². The number of sulfonamides is 1. The molecule has 2 rings (SSSR count). The lowest BCUT2D eigenvalue weighted by Crippen LogP contribution is -2.44. The number of rotatable bonds is 3. The highest BCUT2D eigenvalue weighted by atomic mass is 35.5. The van der Waals surface area contributed by atoms with E-state index in [-0.39, 0.29) is 34.7 Å². The Hall–Kier alpha value is -1.15. The molecule has 6 nitrogen and oxygen atoms in total. The second-order valence-electron chi connectivity index (χ2n) is 4.68. The van der Waals surface area contributed by atoms with Gasteiger partial charge in [-0.3, -0.25) is 0 Å². The third kappa shape index (κ3) is 3.37. The summed E-state index contributed by atoms with van der Waals surface area (Å²) in [5.41, 5.74) is 0.141. The number of nitrogens with zero attached hydrogens (tertiary/aromatic N) is 1. The Kier molecular flexibility index (Phi) is 4.88. The zero-order chi connectivity index (χ0) is 15.6. The highest BCUT2D eigenvalue weighted by Crippen LogP contribution is 2.27. The predicted molar refractivity (Wildman–Crippen MR) is 77.0 cm³/mol. The smallest absolute Gasteiger partial charge is 0.337 e. The van der Waals surface area contributed by atoms with Gasteiger partial charge >= 0.3 is 5.97 Å². The Labute approximate surface area is 128 Å². The van der Waals surface area contributed by atoms with E-state index in [0.717, 1.165) is 0 Å². The molecule has 0 aromatic heterocycles. The number of carbonyl (C=O) groups excluding carboxylic acids is 1. The van der Waals surface area contributed by atoms with Crippen molar-refractivity contribution in [3.05, 3.63) is 28.8 Å². The SMILES string of the molecule is COC(=O)c1ccc(Cl)c(S(=O)(=O)N2CCO[C@@H](C)C2)c1. The van der Waals surface area contributed by atoms with E-state index in [1.54, 1.807) is 6.92 Å². The van der Waals surface area contributed by atoms with Crippen LogP contribution in [0.4, 0.5) is 0 Å². The molecule has 116 valence electrons. The van der Waals surface area contributed by atoms with Crippen LogP contribution in [0, 0.1) is 0 Å². The molecule has 21 heavy (non-hydrogen) atoms. The number of ether oxygens (including phenoxy) is 2. The lowest BCUT2D eigenvalue weighted by molar-refractivity contribution is 0.0102. The summed E-state index contributed by atoms with van der Waals surface area (Å²) in [6.45, 7) is 2.63. The number of carbonyl (C=O) groups is 1. The largest absolute Gasteiger partial charge is 0.465 e. The van der Waals surface area contributed by atoms with Crippen LogP contribution >= 0.6 is 11.6 Å². The minimum absolute atomic E-state index is 0.0711. The highest BCUT2D eigenvalue weighted by Gasteiger charge is 2.31. The van der Waals surface area contributed by atoms with Crippen LogP contribution in [-0.4, -0.2) is 51.6 Å². The number of methoxy groups -OCH3 is 1. The van der Waals surface area contributed by atoms with Crippen LogP contribution in [0.5, 0.6) is 0 Å². The molecule has 1 aromatic rings. The molecule has 0 spiro atoms. The first-order valence-corrected chi connectivity index (χ1v) is 8.17. The van der Waals surface area contributed by atoms with Gasteiger partial charge in [0.05, 0.1) is 30.4 Å². The van der Waals surface area contributed by atoms with Gasteiger partial charge in [-0.05, 0) is 25.1 Å². The average molecular weight is 334 g/mol. The lowest BCUT2D eigenvalue weighted by Gasteiger charge is -2.30. The summed E-state index contributed by atoms with van der Waals surface area (Å²) in [4.78, 5) is 11.4. The van der Waals surface area contributed by atoms with Crippen molar-refractivity contribution in [3.8, 4) is 0 Å². The van der Waals surface area contributed by atoms with Crippen molar-refractivity contribution in [1.82, 2.24) is 4.31 Å². The molecular formula is C13H16ClNO5S. The van der Waals surface area contributed by atoms with Crippen LogP contribution in [-0.2, 0) is 19.5 Å². The maximum absolute atomic E-state index is 12.7. The summed E-state index contributed by atoms with van der Waals surface area (Å²) in [5.74, 6) is -0.613. The number of halogens is 1. The minimum atomic E-state index is -3.78. The van der Waals surface area contributed by atoms with Gasteiger partial charge in [-0.15, -0.1) is 0 Å². The fraction of sp³-hybridized carbons (Fsp3) is 0.462. The van der Waals surface area contributed by atoms with Gasteiger partial charge in [0.1, 0.15) is 4.90 Å². The van der Waals surface area contributed by atoms with Crippen molar-refractivity contribution in [3.63, 3.8) is 0 Å². The Balaban J connectivity index is 2.41. The Morgan fingerprint density at radius 2 is 2.19 bits per heavy atom. The number of esters is 1. The van der Waals surface area contributed by atoms with Crippen LogP contribution in [0.1, 0.15) is 17.3 Å². The van der Waals surface area contributed by atoms with Crippen LogP contribution in [0.3, 0.4) is 0 Å². The second kappa shape index (κ2) is 6.31. The molecule has 1 fully saturated rings. The molecule has 0 radical (unpaired) electrons. The molecule has 0 unspecified atom stereocenters. The van der Waals surface area contributed by atoms with Crippen LogP contribution < -0.4 is 0 Å². The summed E-state index contributed by atoms with van der Waals surface area (Å²) in [6.07, 6.45) is -0.184. The standard InChI is InChI=1S/C13H16ClNO5S/c1-9-8-15(5-6-20-9)21(17,18)12-7-10(13(16)19-2)3-4-11(12)14/h3-4,7,9H,5-6,8H2,1-2H3/t9-/m0/s1. The van der Waals surface area contributed by atoms with Crippen molar-refractivity contribution < 1.29 is 22.7 Å². The maximum atomic E-state index is 12.7. The number of hydrogen-bond donors (Lipinski definition) is 0. The summed E-state index contributed by atoms with van der Waals surface area (Å²) in [6, 6.07) is 4.04. The molecular weight excluding hydrogens is 318 g/mol. The Bertz CT molecular complexity index is 646. The minimum Gasteiger partial charge on any atom is -0.465 e. The summed E-state index contributed by atoms with van der Waals surface area (Å²) >= 11 is 6.00. The van der Waals surface area contributed by atoms with E-state index in [4.69, 9.17) is 16.3 Å². The normalized spacial score (nSPS) is 20.2. The topological polar surface area (TPSA) is 72.9 Å². The van der Waals surface area contributed by atoms with E-state index in [0.29, 0.717) is 6.61 Å². The molecule has 0 aliphatic carbocycles. The van der Waals surface area contributed by atoms with Crippen molar-refractivity contribution in [2.75, 3.05) is 26.8 Å². The fourth-order valence-electron chi connectivity index (χ4n) is 2.09. The van der Waals surface area contributed by atoms with Crippen molar-refractivity contribution >= 4 is 27.6 Å². The zero-order valence-corrected chi connectivity index (χ0v) is 13.3. The number of hydrogen-bond acceptors (Lipinski definition) is 5. The second-order valence-corrected chi connectivity index (χ2v) is 6.99. The molecule has 1 heterocycles. The molecule has 1 aliphatic heterocycles. The van der Waals surface area contributed by atoms with Gasteiger partial charge in [-0.25, -0.2) is 13.2 Å². The van der Waals surface area contributed by atoms with Crippen LogP contribution in [0.2, 0.25) is 5.02 Å². The van der Waals surface area contributed by atoms with E-state index < -0.39 is 16.0 Å². The van der Waals surface area contributed by atoms with E-state index in [1.165, 1.54) is 29.6 Å². The quantitative estimate of drug-likeness (QED) is 0.784. The monoisotopic (exact) mass is 333 g/mol. The maximum Gasteiger partial charge on any atom is 0.337 e. The van der Waals surface area contributed by atoms with Crippen LogP contribution in [0.15, 0.2) is 23.1 Å². The molecule has 1 aliphatic rings. The molecule has 1 saturated heterocycles. The van der Waals surface area contributed by atoms with Gasteiger partial charge in [0.15, 0.2) is 0 Å². The fourth-order valence-corrected chi connectivity index (χ4v) is 4.09. The lowest BCUT2D eigenvalue weighted by atomic mass is 10.2. The summed E-state index contributed by atoms with van der Waals surface area (Å²) in [5, 5.41) is 0.0711. The number of morpholine rings is 1. The highest BCUT2D eigenvalue weighted by molar-refractivity contribution is 7.89. The van der Waals surface area contributed by atoms with Gasteiger partial charge in [0.25, 0.3) is 0 Å². The third-order valence-electron chi connectivity index (χ3n) is 3.17. The van der Waals surface area contributed by atoms with Crippen molar-refractivity contribution in [2.45, 2.75) is 17.9 Å². The van der Waals surface area contributed by atoms with E-state index in [2.05, 4.69) is 4.74 Å². The van der Waals surface area contributed by atoms with Gasteiger partial charge in [-0.1, -0.05) is 11.6 Å². The van der Waals surface area contributed by atoms with Crippen LogP contribution in [0.25, 0.3) is 0 Å². The summed E-state index contributed by atoms with van der Waals surface area (Å²) in [7, 11) is -2.55. The molecule has 0 N–H and O–H groups in total. The van der Waals surface area contributed by atoms with Gasteiger partial charge in [0.2, 0.25) is 10.0 Å². The predicted octanol–water partition coefficient (Wildman–Crippen LogP) is 1.54. The van der Waals surface area contributed by atoms with Gasteiger partial charge < -0.3 is 9.47 Å². The first-order chi connectivity index (χ1) is 9.86. The van der Waals surface area contributed by atoms with Gasteiger partial charge in [-0.2, -0.15) is 4.31 Å². The Morgan fingerprint density at radius 1 is 1.48 bits per heavy atom. The number of benzene rings is 1.